The average Bonchev–Trinajstić information content (AvgIpc) is 2.88. The Morgan fingerprint density at radius 2 is 1.74 bits per heavy atom. The van der Waals surface area contributed by atoms with Crippen molar-refractivity contribution >= 4 is 11.3 Å². The van der Waals surface area contributed by atoms with Gasteiger partial charge in [0.25, 0.3) is 0 Å². The van der Waals surface area contributed by atoms with Gasteiger partial charge in [0.05, 0.1) is 19.1 Å². The standard InChI is InChI=1S/C15H18O3S/c1-9-8-13(18-4)10(2)7-11(9)14(16)15-12(17-3)5-6-19-15/h5-8,14,16H,1-4H3. The summed E-state index contributed by atoms with van der Waals surface area (Å²) in [5.41, 5.74) is 2.90. The molecule has 4 heteroatoms. The zero-order valence-corrected chi connectivity index (χ0v) is 12.4. The number of hydrogen-bond donors (Lipinski definition) is 1. The first-order valence-corrected chi connectivity index (χ1v) is 6.91. The molecule has 0 aliphatic carbocycles. The van der Waals surface area contributed by atoms with Crippen LogP contribution in [0.3, 0.4) is 0 Å². The van der Waals surface area contributed by atoms with E-state index in [4.69, 9.17) is 9.47 Å². The van der Waals surface area contributed by atoms with Gasteiger partial charge in [-0.3, -0.25) is 0 Å². The normalized spacial score (nSPS) is 12.3. The molecule has 0 radical (unpaired) electrons. The van der Waals surface area contributed by atoms with Crippen LogP contribution in [0.1, 0.15) is 27.7 Å². The van der Waals surface area contributed by atoms with Crippen LogP contribution in [0.2, 0.25) is 0 Å². The van der Waals surface area contributed by atoms with Crippen molar-refractivity contribution in [2.24, 2.45) is 0 Å². The van der Waals surface area contributed by atoms with E-state index in [2.05, 4.69) is 0 Å². The van der Waals surface area contributed by atoms with E-state index in [-0.39, 0.29) is 0 Å². The first-order chi connectivity index (χ1) is 9.08. The second-order valence-corrected chi connectivity index (χ2v) is 5.38. The Bertz CT molecular complexity index is 575. The van der Waals surface area contributed by atoms with Crippen LogP contribution < -0.4 is 9.47 Å². The maximum atomic E-state index is 10.6. The number of hydrogen-bond acceptors (Lipinski definition) is 4. The summed E-state index contributed by atoms with van der Waals surface area (Å²) in [6.45, 7) is 3.95. The fraction of sp³-hybridized carbons (Fsp3) is 0.333. The topological polar surface area (TPSA) is 38.7 Å². The van der Waals surface area contributed by atoms with Gasteiger partial charge in [-0.1, -0.05) is 0 Å². The molecule has 3 nitrogen and oxygen atoms in total. The summed E-state index contributed by atoms with van der Waals surface area (Å²) in [5, 5.41) is 12.5. The number of aliphatic hydroxyl groups is 1. The minimum atomic E-state index is -0.667. The van der Waals surface area contributed by atoms with Crippen LogP contribution in [0.4, 0.5) is 0 Å². The van der Waals surface area contributed by atoms with Crippen LogP contribution >= 0.6 is 11.3 Å². The van der Waals surface area contributed by atoms with E-state index in [0.717, 1.165) is 33.1 Å². The molecular weight excluding hydrogens is 260 g/mol. The number of benzene rings is 1. The van der Waals surface area contributed by atoms with E-state index in [1.807, 2.05) is 37.4 Å². The second kappa shape index (κ2) is 5.63. The van der Waals surface area contributed by atoms with Gasteiger partial charge in [0.1, 0.15) is 17.6 Å². The monoisotopic (exact) mass is 278 g/mol. The molecular formula is C15H18O3S. The summed E-state index contributed by atoms with van der Waals surface area (Å²) in [7, 11) is 3.27. The van der Waals surface area contributed by atoms with E-state index in [9.17, 15) is 5.11 Å². The number of methoxy groups -OCH3 is 2. The minimum absolute atomic E-state index is 0.667. The molecule has 19 heavy (non-hydrogen) atoms. The molecule has 0 bridgehead atoms. The molecule has 2 rings (SSSR count). The Hall–Kier alpha value is -1.52. The van der Waals surface area contributed by atoms with Crippen molar-refractivity contribution in [2.75, 3.05) is 14.2 Å². The summed E-state index contributed by atoms with van der Waals surface area (Å²) in [6, 6.07) is 5.79. The summed E-state index contributed by atoms with van der Waals surface area (Å²) in [4.78, 5) is 0.829. The Kier molecular flexibility index (Phi) is 4.12. The van der Waals surface area contributed by atoms with Gasteiger partial charge in [-0.2, -0.15) is 0 Å². The third kappa shape index (κ3) is 2.60. The van der Waals surface area contributed by atoms with Gasteiger partial charge < -0.3 is 14.6 Å². The fourth-order valence-electron chi connectivity index (χ4n) is 2.14. The van der Waals surface area contributed by atoms with Crippen LogP contribution in [0.5, 0.6) is 11.5 Å². The molecule has 0 spiro atoms. The molecule has 1 atom stereocenters. The summed E-state index contributed by atoms with van der Waals surface area (Å²) in [5.74, 6) is 1.57. The highest BCUT2D eigenvalue weighted by atomic mass is 32.1. The Morgan fingerprint density at radius 1 is 1.05 bits per heavy atom. The Balaban J connectivity index is 2.44. The van der Waals surface area contributed by atoms with E-state index in [1.165, 1.54) is 11.3 Å². The quantitative estimate of drug-likeness (QED) is 0.930. The van der Waals surface area contributed by atoms with Crippen LogP contribution in [0, 0.1) is 13.8 Å². The maximum absolute atomic E-state index is 10.6. The number of thiophene rings is 1. The highest BCUT2D eigenvalue weighted by molar-refractivity contribution is 7.10. The summed E-state index contributed by atoms with van der Waals surface area (Å²) >= 11 is 1.50. The lowest BCUT2D eigenvalue weighted by Crippen LogP contribution is -2.03. The second-order valence-electron chi connectivity index (χ2n) is 4.43. The van der Waals surface area contributed by atoms with Gasteiger partial charge in [0.15, 0.2) is 0 Å². The van der Waals surface area contributed by atoms with Gasteiger partial charge in [-0.15, -0.1) is 11.3 Å². The number of aryl methyl sites for hydroxylation is 2. The number of ether oxygens (including phenoxy) is 2. The fourth-order valence-corrected chi connectivity index (χ4v) is 3.01. The van der Waals surface area contributed by atoms with Gasteiger partial charge in [-0.25, -0.2) is 0 Å². The lowest BCUT2D eigenvalue weighted by Gasteiger charge is -2.16. The van der Waals surface area contributed by atoms with Gasteiger partial charge >= 0.3 is 0 Å². The van der Waals surface area contributed by atoms with Crippen LogP contribution in [-0.2, 0) is 0 Å². The molecule has 0 aliphatic heterocycles. The highest BCUT2D eigenvalue weighted by Crippen LogP contribution is 2.37. The molecule has 0 fully saturated rings. The van der Waals surface area contributed by atoms with Crippen molar-refractivity contribution in [2.45, 2.75) is 20.0 Å². The lowest BCUT2D eigenvalue weighted by molar-refractivity contribution is 0.218. The van der Waals surface area contributed by atoms with Crippen molar-refractivity contribution in [3.63, 3.8) is 0 Å². The first-order valence-electron chi connectivity index (χ1n) is 6.03. The van der Waals surface area contributed by atoms with Crippen LogP contribution in [-0.4, -0.2) is 19.3 Å². The maximum Gasteiger partial charge on any atom is 0.135 e. The first kappa shape index (κ1) is 13.9. The molecule has 0 saturated carbocycles. The molecule has 0 amide bonds. The molecule has 2 aromatic rings. The van der Waals surface area contributed by atoms with E-state index >= 15 is 0 Å². The third-order valence-electron chi connectivity index (χ3n) is 3.20. The zero-order valence-electron chi connectivity index (χ0n) is 11.6. The molecule has 0 saturated heterocycles. The lowest BCUT2D eigenvalue weighted by atomic mass is 9.99. The number of aliphatic hydroxyl groups excluding tert-OH is 1. The van der Waals surface area contributed by atoms with E-state index in [1.54, 1.807) is 14.2 Å². The molecule has 0 aliphatic rings. The summed E-state index contributed by atoms with van der Waals surface area (Å²) < 4.78 is 10.6. The van der Waals surface area contributed by atoms with Gasteiger partial charge in [-0.05, 0) is 54.1 Å². The molecule has 1 aromatic carbocycles. The number of rotatable bonds is 4. The van der Waals surface area contributed by atoms with Crippen LogP contribution in [0.25, 0.3) is 0 Å². The molecule has 102 valence electrons. The molecule has 1 aromatic heterocycles. The van der Waals surface area contributed by atoms with Gasteiger partial charge in [0, 0.05) is 0 Å². The molecule has 1 heterocycles. The smallest absolute Gasteiger partial charge is 0.135 e. The van der Waals surface area contributed by atoms with E-state index < -0.39 is 6.10 Å². The predicted octanol–water partition coefficient (Wildman–Crippen LogP) is 3.46. The SMILES string of the molecule is COc1cc(C)c(C(O)c2sccc2OC)cc1C. The Morgan fingerprint density at radius 3 is 2.37 bits per heavy atom. The van der Waals surface area contributed by atoms with Crippen molar-refractivity contribution in [3.05, 3.63) is 45.1 Å². The Labute approximate surface area is 117 Å². The third-order valence-corrected chi connectivity index (χ3v) is 4.15. The molecule has 1 unspecified atom stereocenters. The minimum Gasteiger partial charge on any atom is -0.496 e. The van der Waals surface area contributed by atoms with Crippen LogP contribution in [0.15, 0.2) is 23.6 Å². The zero-order chi connectivity index (χ0) is 14.0. The van der Waals surface area contributed by atoms with Crippen molar-refractivity contribution in [1.29, 1.82) is 0 Å². The molecule has 1 N–H and O–H groups in total. The average molecular weight is 278 g/mol. The van der Waals surface area contributed by atoms with Crippen molar-refractivity contribution in [1.82, 2.24) is 0 Å². The van der Waals surface area contributed by atoms with Crippen molar-refractivity contribution < 1.29 is 14.6 Å². The summed E-state index contributed by atoms with van der Waals surface area (Å²) in [6.07, 6.45) is -0.667. The highest BCUT2D eigenvalue weighted by Gasteiger charge is 2.19. The van der Waals surface area contributed by atoms with Gasteiger partial charge in [0.2, 0.25) is 0 Å². The van der Waals surface area contributed by atoms with E-state index in [0.29, 0.717) is 0 Å². The van der Waals surface area contributed by atoms with Crippen molar-refractivity contribution in [3.8, 4) is 11.5 Å². The predicted molar refractivity (Wildman–Crippen MR) is 77.4 cm³/mol. The largest absolute Gasteiger partial charge is 0.496 e.